The highest BCUT2D eigenvalue weighted by Crippen LogP contribution is 2.43. The molecule has 0 aliphatic carbocycles. The summed E-state index contributed by atoms with van der Waals surface area (Å²) in [4.78, 5) is 10.7. The van der Waals surface area contributed by atoms with E-state index in [1.165, 1.54) is 5.39 Å². The molecule has 0 atom stereocenters. The SMILES string of the molecule is c1ccc(-c2cc(-c3ccccc3)nc(-n3c4ccccc4c4ccc5c6ccccc6n(-c6cccc7c6oc6ccccc67)c5c43)n2)cc1. The first-order valence-corrected chi connectivity index (χ1v) is 17.2. The molecule has 0 radical (unpaired) electrons. The van der Waals surface area contributed by atoms with E-state index in [-0.39, 0.29) is 0 Å². The molecule has 11 aromatic rings. The maximum absolute atomic E-state index is 6.67. The Kier molecular flexibility index (Phi) is 5.89. The average Bonchev–Trinajstić information content (AvgIpc) is 3.86. The van der Waals surface area contributed by atoms with E-state index in [0.29, 0.717) is 5.95 Å². The van der Waals surface area contributed by atoms with Crippen molar-refractivity contribution in [1.82, 2.24) is 19.1 Å². The second kappa shape index (κ2) is 10.8. The van der Waals surface area contributed by atoms with Gasteiger partial charge in [-0.25, -0.2) is 9.97 Å². The van der Waals surface area contributed by atoms with Crippen molar-refractivity contribution in [2.75, 3.05) is 0 Å². The van der Waals surface area contributed by atoms with Crippen molar-refractivity contribution in [2.45, 2.75) is 0 Å². The van der Waals surface area contributed by atoms with Crippen LogP contribution in [0.1, 0.15) is 0 Å². The topological polar surface area (TPSA) is 48.8 Å². The van der Waals surface area contributed by atoms with Gasteiger partial charge in [0, 0.05) is 43.4 Å². The smallest absolute Gasteiger partial charge is 0.235 e. The lowest BCUT2D eigenvalue weighted by Crippen LogP contribution is -2.05. The number of aromatic nitrogens is 4. The molecule has 7 aromatic carbocycles. The molecule has 0 aliphatic heterocycles. The molecule has 4 heterocycles. The third-order valence-electron chi connectivity index (χ3n) is 10.1. The number of hydrogen-bond donors (Lipinski definition) is 0. The predicted molar refractivity (Wildman–Crippen MR) is 209 cm³/mol. The fraction of sp³-hybridized carbons (Fsp3) is 0. The van der Waals surface area contributed by atoms with Crippen molar-refractivity contribution in [3.05, 3.63) is 170 Å². The van der Waals surface area contributed by atoms with Crippen molar-refractivity contribution >= 4 is 65.6 Å². The molecule has 0 saturated carbocycles. The number of benzene rings is 7. The number of furan rings is 1. The van der Waals surface area contributed by atoms with Gasteiger partial charge < -0.3 is 8.98 Å². The van der Waals surface area contributed by atoms with Gasteiger partial charge in [0.15, 0.2) is 5.58 Å². The zero-order valence-electron chi connectivity index (χ0n) is 27.4. The Balaban J connectivity index is 1.33. The van der Waals surface area contributed by atoms with Crippen LogP contribution in [0.5, 0.6) is 0 Å². The summed E-state index contributed by atoms with van der Waals surface area (Å²) in [7, 11) is 0. The van der Waals surface area contributed by atoms with Crippen LogP contribution < -0.4 is 0 Å². The zero-order valence-corrected chi connectivity index (χ0v) is 27.4. The molecule has 0 bridgehead atoms. The summed E-state index contributed by atoms with van der Waals surface area (Å²) in [5.41, 5.74) is 10.8. The van der Waals surface area contributed by atoms with Gasteiger partial charge in [-0.3, -0.25) is 4.57 Å². The number of hydrogen-bond acceptors (Lipinski definition) is 3. The fourth-order valence-electron chi connectivity index (χ4n) is 7.92. The molecule has 0 spiro atoms. The summed E-state index contributed by atoms with van der Waals surface area (Å²) in [5.74, 6) is 0.618. The second-order valence-electron chi connectivity index (χ2n) is 13.0. The summed E-state index contributed by atoms with van der Waals surface area (Å²) >= 11 is 0. The summed E-state index contributed by atoms with van der Waals surface area (Å²) in [6.07, 6.45) is 0. The Bertz CT molecular complexity index is 3080. The van der Waals surface area contributed by atoms with Crippen LogP contribution in [0.4, 0.5) is 0 Å². The number of nitrogens with zero attached hydrogens (tertiary/aromatic N) is 4. The first kappa shape index (κ1) is 27.9. The minimum atomic E-state index is 0.618. The first-order chi connectivity index (χ1) is 25.3. The highest BCUT2D eigenvalue weighted by atomic mass is 16.3. The van der Waals surface area contributed by atoms with Crippen LogP contribution in [0, 0.1) is 0 Å². The van der Waals surface area contributed by atoms with E-state index in [1.54, 1.807) is 0 Å². The van der Waals surface area contributed by atoms with Gasteiger partial charge in [0.25, 0.3) is 0 Å². The standard InChI is InChI=1S/C46H28N4O/c1-3-14-29(15-4-1)37-28-38(30-16-5-2-6-17-30)48-46(47-37)50-40-23-11-8-19-32(40)35-27-26-34-31-18-7-10-22-39(31)49(43(34)44(35)50)41-24-13-21-36-33-20-9-12-25-42(33)51-45(36)41/h1-28H. The van der Waals surface area contributed by atoms with Crippen LogP contribution in [0.25, 0.3) is 99.7 Å². The maximum Gasteiger partial charge on any atom is 0.235 e. The Morgan fingerprint density at radius 3 is 1.55 bits per heavy atom. The van der Waals surface area contributed by atoms with Crippen LogP contribution >= 0.6 is 0 Å². The zero-order chi connectivity index (χ0) is 33.5. The largest absolute Gasteiger partial charge is 0.454 e. The fourth-order valence-corrected chi connectivity index (χ4v) is 7.92. The van der Waals surface area contributed by atoms with Crippen molar-refractivity contribution in [2.24, 2.45) is 0 Å². The van der Waals surface area contributed by atoms with Crippen LogP contribution in [-0.2, 0) is 0 Å². The maximum atomic E-state index is 6.67. The molecule has 51 heavy (non-hydrogen) atoms. The summed E-state index contributed by atoms with van der Waals surface area (Å²) in [5, 5.41) is 6.79. The van der Waals surface area contributed by atoms with E-state index < -0.39 is 0 Å². The molecule has 238 valence electrons. The van der Waals surface area contributed by atoms with E-state index in [1.807, 2.05) is 24.3 Å². The predicted octanol–water partition coefficient (Wildman–Crippen LogP) is 11.9. The van der Waals surface area contributed by atoms with E-state index in [0.717, 1.165) is 88.4 Å². The quantitative estimate of drug-likeness (QED) is 0.190. The number of fused-ring (bicyclic) bond motifs is 10. The highest BCUT2D eigenvalue weighted by molar-refractivity contribution is 6.24. The molecule has 0 unspecified atom stereocenters. The second-order valence-corrected chi connectivity index (χ2v) is 13.0. The van der Waals surface area contributed by atoms with E-state index >= 15 is 0 Å². The highest BCUT2D eigenvalue weighted by Gasteiger charge is 2.24. The van der Waals surface area contributed by atoms with Crippen LogP contribution in [0.3, 0.4) is 0 Å². The molecule has 0 amide bonds. The molecule has 0 N–H and O–H groups in total. The lowest BCUT2D eigenvalue weighted by Gasteiger charge is -2.14. The van der Waals surface area contributed by atoms with Gasteiger partial charge in [-0.05, 0) is 30.3 Å². The molecule has 4 aromatic heterocycles. The number of rotatable bonds is 4. The van der Waals surface area contributed by atoms with E-state index in [2.05, 4.69) is 155 Å². The van der Waals surface area contributed by atoms with Gasteiger partial charge in [0.2, 0.25) is 5.95 Å². The van der Waals surface area contributed by atoms with Crippen LogP contribution in [0.2, 0.25) is 0 Å². The van der Waals surface area contributed by atoms with E-state index in [9.17, 15) is 0 Å². The minimum Gasteiger partial charge on any atom is -0.454 e. The summed E-state index contributed by atoms with van der Waals surface area (Å²) in [6, 6.07) is 59.3. The lowest BCUT2D eigenvalue weighted by molar-refractivity contribution is 0.666. The van der Waals surface area contributed by atoms with E-state index in [4.69, 9.17) is 14.4 Å². The van der Waals surface area contributed by atoms with Crippen molar-refractivity contribution < 1.29 is 4.42 Å². The Hall–Kier alpha value is -6.98. The third kappa shape index (κ3) is 4.09. The molecule has 0 saturated heterocycles. The molecule has 5 heteroatoms. The van der Waals surface area contributed by atoms with Crippen LogP contribution in [-0.4, -0.2) is 19.1 Å². The molecule has 11 rings (SSSR count). The Morgan fingerprint density at radius 1 is 0.392 bits per heavy atom. The molecular weight excluding hydrogens is 625 g/mol. The Labute approximate surface area is 292 Å². The van der Waals surface area contributed by atoms with Gasteiger partial charge in [-0.2, -0.15) is 0 Å². The summed E-state index contributed by atoms with van der Waals surface area (Å²) < 4.78 is 11.3. The molecule has 0 fully saturated rings. The van der Waals surface area contributed by atoms with Gasteiger partial charge in [-0.15, -0.1) is 0 Å². The molecular formula is C46H28N4O. The van der Waals surface area contributed by atoms with Crippen LogP contribution in [0.15, 0.2) is 174 Å². The molecule has 5 nitrogen and oxygen atoms in total. The number of para-hydroxylation sites is 4. The van der Waals surface area contributed by atoms with Gasteiger partial charge in [-0.1, -0.05) is 140 Å². The van der Waals surface area contributed by atoms with Crippen molar-refractivity contribution in [3.63, 3.8) is 0 Å². The van der Waals surface area contributed by atoms with Gasteiger partial charge >= 0.3 is 0 Å². The lowest BCUT2D eigenvalue weighted by atomic mass is 10.1. The first-order valence-electron chi connectivity index (χ1n) is 17.2. The normalized spacial score (nSPS) is 11.9. The monoisotopic (exact) mass is 652 g/mol. The minimum absolute atomic E-state index is 0.618. The summed E-state index contributed by atoms with van der Waals surface area (Å²) in [6.45, 7) is 0. The third-order valence-corrected chi connectivity index (χ3v) is 10.1. The van der Waals surface area contributed by atoms with Gasteiger partial charge in [0.1, 0.15) is 5.58 Å². The van der Waals surface area contributed by atoms with Gasteiger partial charge in [0.05, 0.1) is 39.1 Å². The van der Waals surface area contributed by atoms with Crippen molar-refractivity contribution in [1.29, 1.82) is 0 Å². The molecule has 0 aliphatic rings. The van der Waals surface area contributed by atoms with Crippen molar-refractivity contribution in [3.8, 4) is 34.2 Å². The average molecular weight is 653 g/mol. The Morgan fingerprint density at radius 2 is 0.902 bits per heavy atom.